The predicted octanol–water partition coefficient (Wildman–Crippen LogP) is 2.82. The third-order valence-corrected chi connectivity index (χ3v) is 6.36. The van der Waals surface area contributed by atoms with Crippen LogP contribution in [0.5, 0.6) is 0 Å². The smallest absolute Gasteiger partial charge is 0.225 e. The maximum absolute atomic E-state index is 12.5. The van der Waals surface area contributed by atoms with E-state index in [4.69, 9.17) is 0 Å². The van der Waals surface area contributed by atoms with E-state index in [1.807, 2.05) is 29.7 Å². The van der Waals surface area contributed by atoms with Crippen molar-refractivity contribution in [2.75, 3.05) is 13.1 Å². The molecule has 1 amide bonds. The van der Waals surface area contributed by atoms with Crippen LogP contribution < -0.4 is 0 Å². The molecule has 140 valence electrons. The number of carbonyl (C=O) groups is 1. The summed E-state index contributed by atoms with van der Waals surface area (Å²) >= 11 is 0. The lowest BCUT2D eigenvalue weighted by Crippen LogP contribution is -2.51. The first-order valence-corrected chi connectivity index (χ1v) is 9.75. The summed E-state index contributed by atoms with van der Waals surface area (Å²) in [6.45, 7) is 5.72. The van der Waals surface area contributed by atoms with Crippen LogP contribution in [0.25, 0.3) is 10.9 Å². The van der Waals surface area contributed by atoms with Crippen LogP contribution in [-0.4, -0.2) is 44.4 Å². The van der Waals surface area contributed by atoms with Crippen LogP contribution in [0.4, 0.5) is 0 Å². The molecule has 4 rings (SSSR count). The molecule has 0 spiro atoms. The molecule has 1 aliphatic carbocycles. The van der Waals surface area contributed by atoms with E-state index in [-0.39, 0.29) is 11.8 Å². The van der Waals surface area contributed by atoms with E-state index in [9.17, 15) is 9.90 Å². The van der Waals surface area contributed by atoms with Gasteiger partial charge in [-0.25, -0.2) is 0 Å². The minimum absolute atomic E-state index is 0.0380. The summed E-state index contributed by atoms with van der Waals surface area (Å²) in [5.74, 6) is 0.923. The number of aromatic nitrogens is 2. The van der Waals surface area contributed by atoms with Crippen molar-refractivity contribution in [1.82, 2.24) is 14.7 Å². The van der Waals surface area contributed by atoms with E-state index >= 15 is 0 Å². The number of hydrogen-bond donors (Lipinski definition) is 1. The van der Waals surface area contributed by atoms with Crippen LogP contribution in [0, 0.1) is 18.8 Å². The van der Waals surface area contributed by atoms with Gasteiger partial charge in [-0.15, -0.1) is 0 Å². The first kappa shape index (κ1) is 17.5. The molecule has 0 unspecified atom stereocenters. The SMILES string of the molecule is Cc1cc2cnn(C)c2cc1CC1CCN(C(=O)C2CC(C)(O)C2)CC1. The molecule has 26 heavy (non-hydrogen) atoms. The molecular weight excluding hydrogens is 326 g/mol. The Balaban J connectivity index is 1.36. The van der Waals surface area contributed by atoms with Gasteiger partial charge in [0.1, 0.15) is 0 Å². The van der Waals surface area contributed by atoms with Crippen LogP contribution in [-0.2, 0) is 18.3 Å². The Kier molecular flexibility index (Phi) is 4.30. The number of hydrogen-bond acceptors (Lipinski definition) is 3. The predicted molar refractivity (Wildman–Crippen MR) is 102 cm³/mol. The topological polar surface area (TPSA) is 58.4 Å². The number of fused-ring (bicyclic) bond motifs is 1. The summed E-state index contributed by atoms with van der Waals surface area (Å²) in [6, 6.07) is 4.52. The van der Waals surface area contributed by atoms with Gasteiger partial charge in [0.25, 0.3) is 0 Å². The van der Waals surface area contributed by atoms with Gasteiger partial charge in [0, 0.05) is 31.4 Å². The third-order valence-electron chi connectivity index (χ3n) is 6.36. The molecular formula is C21H29N3O2. The Morgan fingerprint density at radius 2 is 2.00 bits per heavy atom. The Morgan fingerprint density at radius 3 is 2.65 bits per heavy atom. The van der Waals surface area contributed by atoms with Gasteiger partial charge in [0.05, 0.1) is 17.3 Å². The summed E-state index contributed by atoms with van der Waals surface area (Å²) < 4.78 is 1.94. The molecule has 2 heterocycles. The highest BCUT2D eigenvalue weighted by Gasteiger charge is 2.44. The number of likely N-dealkylation sites (tertiary alicyclic amines) is 1. The first-order valence-electron chi connectivity index (χ1n) is 9.75. The number of aryl methyl sites for hydroxylation is 2. The maximum Gasteiger partial charge on any atom is 0.225 e. The molecule has 1 aromatic heterocycles. The second kappa shape index (κ2) is 6.38. The molecule has 2 aromatic rings. The highest BCUT2D eigenvalue weighted by molar-refractivity contribution is 5.81. The van der Waals surface area contributed by atoms with E-state index in [2.05, 4.69) is 24.2 Å². The van der Waals surface area contributed by atoms with Crippen LogP contribution in [0.2, 0.25) is 0 Å². The number of amides is 1. The second-order valence-electron chi connectivity index (χ2n) is 8.68. The van der Waals surface area contributed by atoms with Crippen LogP contribution in [0.3, 0.4) is 0 Å². The van der Waals surface area contributed by atoms with E-state index in [1.165, 1.54) is 22.0 Å². The summed E-state index contributed by atoms with van der Waals surface area (Å²) in [4.78, 5) is 14.6. The Bertz CT molecular complexity index is 823. The first-order chi connectivity index (χ1) is 12.3. The summed E-state index contributed by atoms with van der Waals surface area (Å²) in [5.41, 5.74) is 3.30. The molecule has 0 radical (unpaired) electrons. The number of piperidine rings is 1. The minimum atomic E-state index is -0.624. The van der Waals surface area contributed by atoms with Crippen molar-refractivity contribution in [3.05, 3.63) is 29.5 Å². The standard InChI is InChI=1S/C21H29N3O2/c1-14-8-17-13-22-23(3)19(17)10-16(14)9-15-4-6-24(7-5-15)20(25)18-11-21(2,26)12-18/h8,10,13,15,18,26H,4-7,9,11-12H2,1-3H3. The monoisotopic (exact) mass is 355 g/mol. The Hall–Kier alpha value is -1.88. The van der Waals surface area contributed by atoms with Crippen molar-refractivity contribution in [3.8, 4) is 0 Å². The maximum atomic E-state index is 12.5. The quantitative estimate of drug-likeness (QED) is 0.921. The van der Waals surface area contributed by atoms with Gasteiger partial charge in [0.2, 0.25) is 5.91 Å². The summed E-state index contributed by atoms with van der Waals surface area (Å²) in [6.07, 6.45) is 6.38. The fourth-order valence-electron chi connectivity index (χ4n) is 4.68. The zero-order valence-electron chi connectivity index (χ0n) is 16.0. The van der Waals surface area contributed by atoms with E-state index in [0.29, 0.717) is 18.8 Å². The van der Waals surface area contributed by atoms with Gasteiger partial charge < -0.3 is 10.0 Å². The van der Waals surface area contributed by atoms with Gasteiger partial charge in [-0.2, -0.15) is 5.10 Å². The van der Waals surface area contributed by atoms with Crippen LogP contribution in [0.15, 0.2) is 18.3 Å². The second-order valence-corrected chi connectivity index (χ2v) is 8.68. The normalized spacial score (nSPS) is 26.9. The van der Waals surface area contributed by atoms with Crippen LogP contribution in [0.1, 0.15) is 43.7 Å². The van der Waals surface area contributed by atoms with E-state index < -0.39 is 5.60 Å². The number of aliphatic hydroxyl groups is 1. The molecule has 0 bridgehead atoms. The molecule has 1 saturated carbocycles. The number of rotatable bonds is 3. The van der Waals surface area contributed by atoms with E-state index in [1.54, 1.807) is 0 Å². The average molecular weight is 355 g/mol. The molecule has 1 N–H and O–H groups in total. The number of benzene rings is 1. The highest BCUT2D eigenvalue weighted by atomic mass is 16.3. The highest BCUT2D eigenvalue weighted by Crippen LogP contribution is 2.39. The lowest BCUT2D eigenvalue weighted by molar-refractivity contribution is -0.151. The lowest BCUT2D eigenvalue weighted by Gasteiger charge is -2.43. The van der Waals surface area contributed by atoms with Gasteiger partial charge in [0.15, 0.2) is 0 Å². The molecule has 5 heteroatoms. The van der Waals surface area contributed by atoms with Crippen molar-refractivity contribution in [2.24, 2.45) is 18.9 Å². The summed E-state index contributed by atoms with van der Waals surface area (Å²) in [7, 11) is 1.99. The van der Waals surface area contributed by atoms with E-state index in [0.717, 1.165) is 32.4 Å². The van der Waals surface area contributed by atoms with Crippen molar-refractivity contribution in [2.45, 2.75) is 51.6 Å². The zero-order chi connectivity index (χ0) is 18.5. The Labute approximate surface area is 155 Å². The molecule has 1 aromatic carbocycles. The van der Waals surface area contributed by atoms with Crippen molar-refractivity contribution in [3.63, 3.8) is 0 Å². The molecule has 5 nitrogen and oxygen atoms in total. The molecule has 1 saturated heterocycles. The number of nitrogens with zero attached hydrogens (tertiary/aromatic N) is 3. The molecule has 2 fully saturated rings. The Morgan fingerprint density at radius 1 is 1.31 bits per heavy atom. The largest absolute Gasteiger partial charge is 0.390 e. The molecule has 0 atom stereocenters. The van der Waals surface area contributed by atoms with Gasteiger partial charge in [-0.05, 0) is 75.1 Å². The van der Waals surface area contributed by atoms with Crippen molar-refractivity contribution >= 4 is 16.8 Å². The molecule has 2 aliphatic rings. The van der Waals surface area contributed by atoms with Crippen molar-refractivity contribution in [1.29, 1.82) is 0 Å². The minimum Gasteiger partial charge on any atom is -0.390 e. The lowest BCUT2D eigenvalue weighted by atomic mass is 9.71. The zero-order valence-corrected chi connectivity index (χ0v) is 16.0. The van der Waals surface area contributed by atoms with Crippen molar-refractivity contribution < 1.29 is 9.90 Å². The summed E-state index contributed by atoms with van der Waals surface area (Å²) in [5, 5.41) is 15.4. The third kappa shape index (κ3) is 3.25. The fourth-order valence-corrected chi connectivity index (χ4v) is 4.68. The van der Waals surface area contributed by atoms with Crippen LogP contribution >= 0.6 is 0 Å². The van der Waals surface area contributed by atoms with Gasteiger partial charge in [-0.3, -0.25) is 9.48 Å². The van der Waals surface area contributed by atoms with Gasteiger partial charge >= 0.3 is 0 Å². The molecule has 1 aliphatic heterocycles. The number of carbonyl (C=O) groups excluding carboxylic acids is 1. The fraction of sp³-hybridized carbons (Fsp3) is 0.619. The average Bonchev–Trinajstić information content (AvgIpc) is 2.93. The van der Waals surface area contributed by atoms with Gasteiger partial charge in [-0.1, -0.05) is 0 Å².